The van der Waals surface area contributed by atoms with Crippen molar-refractivity contribution in [3.63, 3.8) is 0 Å². The van der Waals surface area contributed by atoms with E-state index < -0.39 is 18.4 Å². The van der Waals surface area contributed by atoms with Gasteiger partial charge in [-0.1, -0.05) is 0 Å². The number of nitrogens with one attached hydrogen (secondary N) is 1. The van der Waals surface area contributed by atoms with Crippen LogP contribution in [0.3, 0.4) is 0 Å². The topological polar surface area (TPSA) is 92.0 Å². The Morgan fingerprint density at radius 2 is 2.91 bits per heavy atom. The van der Waals surface area contributed by atoms with Gasteiger partial charge in [0.2, 0.25) is 0 Å². The minimum atomic E-state index is -2.35. The Morgan fingerprint density at radius 1 is 2.18 bits per heavy atom. The van der Waals surface area contributed by atoms with E-state index in [1.807, 2.05) is 0 Å². The number of aromatic amines is 1. The van der Waals surface area contributed by atoms with Gasteiger partial charge < -0.3 is 15.8 Å². The van der Waals surface area contributed by atoms with Crippen molar-refractivity contribution >= 4 is 5.97 Å². The fourth-order valence-electron chi connectivity index (χ4n) is 0.575. The number of carbonyl (C=O) groups is 1. The van der Waals surface area contributed by atoms with Gasteiger partial charge in [0, 0.05) is 19.7 Å². The van der Waals surface area contributed by atoms with Crippen molar-refractivity contribution < 1.29 is 12.6 Å². The summed E-state index contributed by atoms with van der Waals surface area (Å²) < 4.78 is 14.6. The molecule has 2 atom stereocenters. The minimum absolute atomic E-state index is 0.208. The molecule has 0 radical (unpaired) electrons. The molecule has 0 saturated carbocycles. The van der Waals surface area contributed by atoms with Gasteiger partial charge in [-0.15, -0.1) is 0 Å². The quantitative estimate of drug-likeness (QED) is 0.510. The zero-order chi connectivity index (χ0) is 10.1. The first-order valence-corrected chi connectivity index (χ1v) is 2.89. The van der Waals surface area contributed by atoms with E-state index >= 15 is 0 Å². The van der Waals surface area contributed by atoms with Crippen molar-refractivity contribution in [2.24, 2.45) is 5.73 Å². The second-order valence-corrected chi connectivity index (χ2v) is 1.91. The third-order valence-corrected chi connectivity index (χ3v) is 1.08. The first-order chi connectivity index (χ1) is 5.96. The summed E-state index contributed by atoms with van der Waals surface area (Å²) in [4.78, 5) is 16.6. The van der Waals surface area contributed by atoms with Crippen molar-refractivity contribution in [2.45, 2.75) is 12.4 Å². The number of nitrogens with two attached hydrogens (primary N) is 1. The highest BCUT2D eigenvalue weighted by Gasteiger charge is 2.11. The third kappa shape index (κ3) is 2.05. The van der Waals surface area contributed by atoms with E-state index in [1.165, 1.54) is 12.5 Å². The van der Waals surface area contributed by atoms with E-state index in [-0.39, 0.29) is 5.69 Å². The van der Waals surface area contributed by atoms with E-state index in [4.69, 9.17) is 13.6 Å². The van der Waals surface area contributed by atoms with Crippen molar-refractivity contribution in [3.05, 3.63) is 18.2 Å². The standard InChI is InChI=1S/C6H9N3O2/c7-5(6(10)11)1-4-2-8-3-9-4/h2-3,5H,1,7H2,(H,8,9)(H,10,11)/t5-/m0/s1/i1D,5D,6+1/t1-,5+/m1. The van der Waals surface area contributed by atoms with Gasteiger partial charge in [-0.3, -0.25) is 4.79 Å². The van der Waals surface area contributed by atoms with Crippen LogP contribution >= 0.6 is 0 Å². The monoisotopic (exact) mass is 158 g/mol. The molecule has 5 nitrogen and oxygen atoms in total. The lowest BCUT2D eigenvalue weighted by atomic mass is 10.2. The molecule has 4 N–H and O–H groups in total. The second kappa shape index (κ2) is 3.16. The number of H-pyrrole nitrogens is 1. The van der Waals surface area contributed by atoms with Crippen molar-refractivity contribution in [1.29, 1.82) is 0 Å². The number of aliphatic carboxylic acids is 1. The molecule has 0 aliphatic rings. The Bertz CT molecular complexity index is 299. The van der Waals surface area contributed by atoms with Crippen LogP contribution in [0.1, 0.15) is 8.44 Å². The summed E-state index contributed by atoms with van der Waals surface area (Å²) in [7, 11) is 0. The number of carboxylic acid groups (broad SMARTS) is 1. The molecule has 0 amide bonds. The maximum atomic E-state index is 10.5. The molecule has 60 valence electrons. The highest BCUT2D eigenvalue weighted by molar-refractivity contribution is 5.73. The summed E-state index contributed by atoms with van der Waals surface area (Å²) in [5.74, 6) is -1.54. The van der Waals surface area contributed by atoms with Gasteiger partial charge in [0.05, 0.1) is 7.70 Å². The first-order valence-electron chi connectivity index (χ1n) is 3.96. The predicted octanol–water partition coefficient (Wildman–Crippen LogP) is -0.636. The predicted molar refractivity (Wildman–Crippen MR) is 37.9 cm³/mol. The molecule has 0 aliphatic carbocycles. The summed E-state index contributed by atoms with van der Waals surface area (Å²) in [6.45, 7) is 0. The van der Waals surface area contributed by atoms with Gasteiger partial charge in [0.25, 0.3) is 0 Å². The summed E-state index contributed by atoms with van der Waals surface area (Å²) in [5.41, 5.74) is 5.33. The van der Waals surface area contributed by atoms with Gasteiger partial charge >= 0.3 is 5.97 Å². The number of hydrogen-bond acceptors (Lipinski definition) is 3. The van der Waals surface area contributed by atoms with Crippen molar-refractivity contribution in [1.82, 2.24) is 9.97 Å². The van der Waals surface area contributed by atoms with Gasteiger partial charge in [-0.2, -0.15) is 0 Å². The molecule has 0 saturated heterocycles. The zero-order valence-electron chi connectivity index (χ0n) is 7.61. The van der Waals surface area contributed by atoms with Crippen LogP contribution in [-0.2, 0) is 11.2 Å². The number of hydrogen-bond donors (Lipinski definition) is 3. The van der Waals surface area contributed by atoms with Crippen LogP contribution in [0.25, 0.3) is 0 Å². The van der Waals surface area contributed by atoms with Crippen LogP contribution in [0.5, 0.6) is 0 Å². The number of nitrogens with zero attached hydrogens (tertiary/aromatic N) is 1. The SMILES string of the molecule is [2H][C@H](c1cnc[nH]1)[C@]([2H])(N)[13C](=O)O. The van der Waals surface area contributed by atoms with Gasteiger partial charge in [0.1, 0.15) is 6.02 Å². The molecule has 1 rings (SSSR count). The van der Waals surface area contributed by atoms with Gasteiger partial charge in [-0.05, 0) is 0 Å². The van der Waals surface area contributed by atoms with E-state index in [1.54, 1.807) is 0 Å². The van der Waals surface area contributed by atoms with Crippen LogP contribution < -0.4 is 5.73 Å². The fraction of sp³-hybridized carbons (Fsp3) is 0.333. The summed E-state index contributed by atoms with van der Waals surface area (Å²) in [6.07, 6.45) is 1.19. The first kappa shape index (κ1) is 5.31. The summed E-state index contributed by atoms with van der Waals surface area (Å²) in [5, 5.41) is 8.54. The average Bonchev–Trinajstić information content (AvgIpc) is 2.54. The summed E-state index contributed by atoms with van der Waals surface area (Å²) in [6, 6.07) is -2.35. The third-order valence-electron chi connectivity index (χ3n) is 1.08. The molecule has 0 fully saturated rings. The van der Waals surface area contributed by atoms with Crippen molar-refractivity contribution in [2.75, 3.05) is 0 Å². The Morgan fingerprint density at radius 3 is 3.36 bits per heavy atom. The molecule has 11 heavy (non-hydrogen) atoms. The highest BCUT2D eigenvalue weighted by atomic mass is 16.5. The lowest BCUT2D eigenvalue weighted by molar-refractivity contribution is -0.138. The smallest absolute Gasteiger partial charge is 0.320 e. The van der Waals surface area contributed by atoms with Crippen LogP contribution in [0.4, 0.5) is 0 Å². The Hall–Kier alpha value is -1.36. The highest BCUT2D eigenvalue weighted by Crippen LogP contribution is 1.95. The van der Waals surface area contributed by atoms with Crippen LogP contribution in [-0.4, -0.2) is 27.1 Å². The molecular formula is C6H9N3O2. The lowest BCUT2D eigenvalue weighted by Gasteiger charge is -2.02. The average molecular weight is 158 g/mol. The Labute approximate surface area is 66.1 Å². The van der Waals surface area contributed by atoms with Crippen LogP contribution in [0.15, 0.2) is 12.5 Å². The second-order valence-electron chi connectivity index (χ2n) is 1.91. The Balaban J connectivity index is 2.90. The largest absolute Gasteiger partial charge is 0.480 e. The number of carboxylic acids is 1. The molecule has 1 heterocycles. The normalized spacial score (nSPS) is 21.2. The fourth-order valence-corrected chi connectivity index (χ4v) is 0.575. The number of imidazole rings is 1. The van der Waals surface area contributed by atoms with E-state index in [0.29, 0.717) is 0 Å². The van der Waals surface area contributed by atoms with E-state index in [9.17, 15) is 4.79 Å². The molecule has 0 aromatic carbocycles. The maximum absolute atomic E-state index is 10.5. The molecule has 5 heteroatoms. The van der Waals surface area contributed by atoms with Crippen molar-refractivity contribution in [3.8, 4) is 0 Å². The van der Waals surface area contributed by atoms with Crippen LogP contribution in [0.2, 0.25) is 0 Å². The van der Waals surface area contributed by atoms with E-state index in [2.05, 4.69) is 9.97 Å². The molecule has 0 spiro atoms. The number of aromatic nitrogens is 2. The van der Waals surface area contributed by atoms with E-state index in [0.717, 1.165) is 0 Å². The minimum Gasteiger partial charge on any atom is -0.480 e. The number of rotatable bonds is 3. The van der Waals surface area contributed by atoms with Gasteiger partial charge in [-0.25, -0.2) is 4.98 Å². The molecular weight excluding hydrogens is 147 g/mol. The van der Waals surface area contributed by atoms with Gasteiger partial charge in [0.15, 0.2) is 0 Å². The molecule has 1 aromatic rings. The molecule has 0 bridgehead atoms. The lowest BCUT2D eigenvalue weighted by Crippen LogP contribution is -2.32. The molecule has 0 aliphatic heterocycles. The summed E-state index contributed by atoms with van der Waals surface area (Å²) >= 11 is 0. The van der Waals surface area contributed by atoms with Crippen LogP contribution in [0, 0.1) is 0 Å². The molecule has 0 unspecified atom stereocenters. The maximum Gasteiger partial charge on any atom is 0.320 e. The zero-order valence-corrected chi connectivity index (χ0v) is 5.61. The Kier molecular flexibility index (Phi) is 1.52. The molecule has 1 aromatic heterocycles.